The molecule has 1 aliphatic heterocycles. The van der Waals surface area contributed by atoms with E-state index in [9.17, 15) is 13.8 Å². The summed E-state index contributed by atoms with van der Waals surface area (Å²) in [7, 11) is -0.930. The summed E-state index contributed by atoms with van der Waals surface area (Å²) in [5.74, 6) is 1.53. The lowest BCUT2D eigenvalue weighted by atomic mass is 9.92. The SMILES string of the molecule is CS(=O)CCC(=O)N1CCC2(CC1)CC2NC(=O)c1cnoc1C1CC1. The van der Waals surface area contributed by atoms with Crippen LogP contribution >= 0.6 is 0 Å². The number of aromatic nitrogens is 1. The summed E-state index contributed by atoms with van der Waals surface area (Å²) >= 11 is 0. The number of likely N-dealkylation sites (tertiary alicyclic amines) is 1. The fourth-order valence-electron chi connectivity index (χ4n) is 3.99. The number of amides is 2. The third-order valence-electron chi connectivity index (χ3n) is 6.00. The van der Waals surface area contributed by atoms with Crippen molar-refractivity contribution >= 4 is 22.6 Å². The minimum absolute atomic E-state index is 0.0843. The highest BCUT2D eigenvalue weighted by atomic mass is 32.2. The first kappa shape index (κ1) is 17.7. The number of rotatable bonds is 6. The monoisotopic (exact) mass is 379 g/mol. The summed E-state index contributed by atoms with van der Waals surface area (Å²) in [5, 5.41) is 6.94. The van der Waals surface area contributed by atoms with Crippen molar-refractivity contribution in [3.63, 3.8) is 0 Å². The maximum absolute atomic E-state index is 12.6. The minimum atomic E-state index is -0.930. The van der Waals surface area contributed by atoms with Crippen LogP contribution in [0.4, 0.5) is 0 Å². The van der Waals surface area contributed by atoms with Gasteiger partial charge in [0.25, 0.3) is 5.91 Å². The van der Waals surface area contributed by atoms with Crippen LogP contribution in [0.25, 0.3) is 0 Å². The zero-order valence-electron chi connectivity index (χ0n) is 15.0. The van der Waals surface area contributed by atoms with Crippen molar-refractivity contribution in [2.45, 2.75) is 50.5 Å². The Hall–Kier alpha value is -1.70. The molecule has 2 saturated carbocycles. The van der Waals surface area contributed by atoms with Crippen molar-refractivity contribution in [3.8, 4) is 0 Å². The van der Waals surface area contributed by atoms with E-state index in [1.54, 1.807) is 6.26 Å². The van der Waals surface area contributed by atoms with Crippen LogP contribution in [0.3, 0.4) is 0 Å². The fraction of sp³-hybridized carbons (Fsp3) is 0.722. The summed E-state index contributed by atoms with van der Waals surface area (Å²) in [4.78, 5) is 26.6. The van der Waals surface area contributed by atoms with Gasteiger partial charge in [-0.1, -0.05) is 5.16 Å². The van der Waals surface area contributed by atoms with Crippen LogP contribution in [0, 0.1) is 5.41 Å². The Bertz CT molecular complexity index is 735. The minimum Gasteiger partial charge on any atom is -0.360 e. The normalized spacial score (nSPS) is 25.1. The van der Waals surface area contributed by atoms with Crippen LogP contribution in [-0.4, -0.2) is 57.2 Å². The smallest absolute Gasteiger partial charge is 0.256 e. The molecule has 7 nitrogen and oxygen atoms in total. The predicted octanol–water partition coefficient (Wildman–Crippen LogP) is 1.43. The van der Waals surface area contributed by atoms with Gasteiger partial charge in [0.1, 0.15) is 5.56 Å². The van der Waals surface area contributed by atoms with Gasteiger partial charge < -0.3 is 14.7 Å². The lowest BCUT2D eigenvalue weighted by molar-refractivity contribution is -0.132. The van der Waals surface area contributed by atoms with Gasteiger partial charge in [0.2, 0.25) is 5.91 Å². The van der Waals surface area contributed by atoms with E-state index in [-0.39, 0.29) is 23.3 Å². The van der Waals surface area contributed by atoms with Crippen LogP contribution in [0.2, 0.25) is 0 Å². The number of piperidine rings is 1. The van der Waals surface area contributed by atoms with E-state index in [0.717, 1.165) is 51.0 Å². The van der Waals surface area contributed by atoms with Crippen molar-refractivity contribution in [1.29, 1.82) is 0 Å². The quantitative estimate of drug-likeness (QED) is 0.807. The van der Waals surface area contributed by atoms with E-state index in [1.807, 2.05) is 4.90 Å². The summed E-state index contributed by atoms with van der Waals surface area (Å²) in [5.41, 5.74) is 0.714. The number of nitrogens with zero attached hydrogens (tertiary/aromatic N) is 2. The van der Waals surface area contributed by atoms with Crippen LogP contribution < -0.4 is 5.32 Å². The van der Waals surface area contributed by atoms with Crippen molar-refractivity contribution < 1.29 is 18.3 Å². The van der Waals surface area contributed by atoms with E-state index in [1.165, 1.54) is 6.20 Å². The first-order chi connectivity index (χ1) is 12.5. The average molecular weight is 379 g/mol. The Morgan fingerprint density at radius 3 is 2.77 bits per heavy atom. The zero-order valence-corrected chi connectivity index (χ0v) is 15.8. The second-order valence-corrected chi connectivity index (χ2v) is 9.43. The molecule has 4 rings (SSSR count). The molecule has 142 valence electrons. The van der Waals surface area contributed by atoms with Gasteiger partial charge in [-0.25, -0.2) is 0 Å². The summed E-state index contributed by atoms with van der Waals surface area (Å²) in [6, 6.07) is 0.178. The molecule has 3 fully saturated rings. The van der Waals surface area contributed by atoms with Gasteiger partial charge >= 0.3 is 0 Å². The molecule has 26 heavy (non-hydrogen) atoms. The van der Waals surface area contributed by atoms with E-state index < -0.39 is 10.8 Å². The molecule has 1 aromatic rings. The Kier molecular flexibility index (Phi) is 4.62. The Morgan fingerprint density at radius 1 is 1.38 bits per heavy atom. The molecule has 2 heterocycles. The second-order valence-electron chi connectivity index (χ2n) is 7.88. The molecule has 3 aliphatic rings. The largest absolute Gasteiger partial charge is 0.360 e. The molecule has 1 spiro atoms. The molecule has 0 bridgehead atoms. The molecule has 2 atom stereocenters. The van der Waals surface area contributed by atoms with Gasteiger partial charge in [0.15, 0.2) is 5.76 Å². The summed E-state index contributed by atoms with van der Waals surface area (Å²) < 4.78 is 16.4. The van der Waals surface area contributed by atoms with Crippen molar-refractivity contribution in [3.05, 3.63) is 17.5 Å². The summed E-state index contributed by atoms with van der Waals surface area (Å²) in [6.07, 6.45) is 8.45. The molecule has 0 aromatic carbocycles. The molecule has 1 aromatic heterocycles. The van der Waals surface area contributed by atoms with Gasteiger partial charge in [-0.2, -0.15) is 0 Å². The number of hydrogen-bond donors (Lipinski definition) is 1. The Labute approximate surface area is 155 Å². The van der Waals surface area contributed by atoms with E-state index in [2.05, 4.69) is 10.5 Å². The van der Waals surface area contributed by atoms with Crippen LogP contribution in [-0.2, 0) is 15.6 Å². The number of carbonyl (C=O) groups is 2. The van der Waals surface area contributed by atoms with Crippen LogP contribution in [0.1, 0.15) is 60.6 Å². The maximum Gasteiger partial charge on any atom is 0.256 e. The van der Waals surface area contributed by atoms with Crippen LogP contribution in [0.5, 0.6) is 0 Å². The van der Waals surface area contributed by atoms with Crippen LogP contribution in [0.15, 0.2) is 10.7 Å². The topological polar surface area (TPSA) is 92.5 Å². The molecule has 2 aliphatic carbocycles. The highest BCUT2D eigenvalue weighted by Crippen LogP contribution is 2.54. The van der Waals surface area contributed by atoms with Gasteiger partial charge in [-0.3, -0.25) is 13.8 Å². The molecular formula is C18H25N3O4S. The van der Waals surface area contributed by atoms with E-state index >= 15 is 0 Å². The standard InChI is InChI=1S/C18H25N3O4S/c1-26(24)9-4-15(22)21-7-5-18(6-8-21)10-14(18)20-17(23)13-11-19-25-16(13)12-2-3-12/h11-12,14H,2-10H2,1H3,(H,20,23). The van der Waals surface area contributed by atoms with Gasteiger partial charge in [0, 0.05) is 54.3 Å². The second kappa shape index (κ2) is 6.79. The molecular weight excluding hydrogens is 354 g/mol. The fourth-order valence-corrected chi connectivity index (χ4v) is 4.45. The lowest BCUT2D eigenvalue weighted by Gasteiger charge is -2.33. The molecule has 1 saturated heterocycles. The molecule has 8 heteroatoms. The Balaban J connectivity index is 1.27. The Morgan fingerprint density at radius 2 is 2.12 bits per heavy atom. The van der Waals surface area contributed by atoms with Gasteiger partial charge in [-0.15, -0.1) is 0 Å². The lowest BCUT2D eigenvalue weighted by Crippen LogP contribution is -2.42. The number of nitrogens with one attached hydrogen (secondary N) is 1. The molecule has 0 radical (unpaired) electrons. The maximum atomic E-state index is 12.6. The van der Waals surface area contributed by atoms with Crippen molar-refractivity contribution in [2.75, 3.05) is 25.1 Å². The summed E-state index contributed by atoms with van der Waals surface area (Å²) in [6.45, 7) is 1.45. The third kappa shape index (κ3) is 3.56. The average Bonchev–Trinajstić information content (AvgIpc) is 3.52. The highest BCUT2D eigenvalue weighted by Gasteiger charge is 2.56. The van der Waals surface area contributed by atoms with Gasteiger partial charge in [-0.05, 0) is 37.5 Å². The third-order valence-corrected chi connectivity index (χ3v) is 6.78. The highest BCUT2D eigenvalue weighted by molar-refractivity contribution is 7.84. The predicted molar refractivity (Wildman–Crippen MR) is 96.1 cm³/mol. The van der Waals surface area contributed by atoms with Gasteiger partial charge in [0.05, 0.1) is 6.20 Å². The van der Waals surface area contributed by atoms with E-state index in [4.69, 9.17) is 4.52 Å². The number of carbonyl (C=O) groups excluding carboxylic acids is 2. The zero-order chi connectivity index (χ0) is 18.3. The molecule has 2 unspecified atom stereocenters. The first-order valence-electron chi connectivity index (χ1n) is 9.32. The number of hydrogen-bond acceptors (Lipinski definition) is 5. The van der Waals surface area contributed by atoms with Crippen molar-refractivity contribution in [2.24, 2.45) is 5.41 Å². The van der Waals surface area contributed by atoms with E-state index in [0.29, 0.717) is 23.7 Å². The van der Waals surface area contributed by atoms with Crippen molar-refractivity contribution in [1.82, 2.24) is 15.4 Å². The molecule has 2 amide bonds. The first-order valence-corrected chi connectivity index (χ1v) is 11.0. The molecule has 1 N–H and O–H groups in total.